The number of hydrogen-bond acceptors (Lipinski definition) is 2. The van der Waals surface area contributed by atoms with Crippen LogP contribution in [-0.4, -0.2) is 36.0 Å². The molecule has 14 heavy (non-hydrogen) atoms. The van der Waals surface area contributed by atoms with E-state index < -0.39 is 0 Å². The topological polar surface area (TPSA) is 6.48 Å². The Morgan fingerprint density at radius 3 is 1.79 bits per heavy atom. The molecule has 0 amide bonds. The van der Waals surface area contributed by atoms with Crippen molar-refractivity contribution < 1.29 is 0 Å². The van der Waals surface area contributed by atoms with Gasteiger partial charge in [-0.1, -0.05) is 33.3 Å². The smallest absolute Gasteiger partial charge is 0.0966 e. The van der Waals surface area contributed by atoms with E-state index in [0.29, 0.717) is 0 Å². The highest BCUT2D eigenvalue weighted by Gasteiger charge is 2.21. The second-order valence-electron chi connectivity index (χ2n) is 4.10. The highest BCUT2D eigenvalue weighted by molar-refractivity contribution is 4.99. The van der Waals surface area contributed by atoms with Gasteiger partial charge in [0, 0.05) is 26.2 Å². The summed E-state index contributed by atoms with van der Waals surface area (Å²) in [5.41, 5.74) is 0. The minimum Gasteiger partial charge on any atom is -0.357 e. The van der Waals surface area contributed by atoms with Crippen LogP contribution in [0, 0.1) is 0 Å². The molecule has 0 unspecified atom stereocenters. The van der Waals surface area contributed by atoms with Crippen molar-refractivity contribution in [1.82, 2.24) is 9.80 Å². The van der Waals surface area contributed by atoms with Gasteiger partial charge in [0.1, 0.15) is 0 Å². The molecular formula is C12H24N2. The van der Waals surface area contributed by atoms with Crippen LogP contribution in [-0.2, 0) is 0 Å². The third-order valence-corrected chi connectivity index (χ3v) is 2.93. The average Bonchev–Trinajstić information content (AvgIpc) is 2.54. The molecule has 0 aromatic heterocycles. The van der Waals surface area contributed by atoms with Gasteiger partial charge < -0.3 is 9.80 Å². The van der Waals surface area contributed by atoms with E-state index >= 15 is 0 Å². The summed E-state index contributed by atoms with van der Waals surface area (Å²) >= 11 is 0. The van der Waals surface area contributed by atoms with Crippen LogP contribution < -0.4 is 0 Å². The summed E-state index contributed by atoms with van der Waals surface area (Å²) in [5, 5.41) is 0. The Labute approximate surface area is 88.6 Å². The first kappa shape index (κ1) is 11.4. The molecule has 1 aliphatic heterocycles. The standard InChI is InChI=1S/C12H24N2/c1-4-6-8-13-10-11-14(12(13)3)9-7-5-2/h3-11H2,1-2H3. The van der Waals surface area contributed by atoms with E-state index in [0.717, 1.165) is 0 Å². The summed E-state index contributed by atoms with van der Waals surface area (Å²) in [4.78, 5) is 4.86. The molecule has 0 radical (unpaired) electrons. The molecule has 82 valence electrons. The van der Waals surface area contributed by atoms with E-state index in [1.165, 1.54) is 57.7 Å². The highest BCUT2D eigenvalue weighted by atomic mass is 15.4. The highest BCUT2D eigenvalue weighted by Crippen LogP contribution is 2.17. The van der Waals surface area contributed by atoms with Crippen molar-refractivity contribution in [3.05, 3.63) is 12.4 Å². The second kappa shape index (κ2) is 5.94. The van der Waals surface area contributed by atoms with Gasteiger partial charge in [-0.25, -0.2) is 0 Å². The van der Waals surface area contributed by atoms with Gasteiger partial charge in [0.15, 0.2) is 0 Å². The van der Waals surface area contributed by atoms with E-state index in [1.807, 2.05) is 0 Å². The summed E-state index contributed by atoms with van der Waals surface area (Å²) in [6, 6.07) is 0. The van der Waals surface area contributed by atoms with Crippen molar-refractivity contribution >= 4 is 0 Å². The van der Waals surface area contributed by atoms with Crippen molar-refractivity contribution in [3.63, 3.8) is 0 Å². The van der Waals surface area contributed by atoms with Crippen LogP contribution >= 0.6 is 0 Å². The number of hydrogen-bond donors (Lipinski definition) is 0. The van der Waals surface area contributed by atoms with Gasteiger partial charge in [0.25, 0.3) is 0 Å². The predicted molar refractivity (Wildman–Crippen MR) is 62.1 cm³/mol. The van der Waals surface area contributed by atoms with Crippen LogP contribution in [0.2, 0.25) is 0 Å². The van der Waals surface area contributed by atoms with Crippen molar-refractivity contribution in [2.45, 2.75) is 39.5 Å². The summed E-state index contributed by atoms with van der Waals surface area (Å²) in [7, 11) is 0. The summed E-state index contributed by atoms with van der Waals surface area (Å²) < 4.78 is 0. The lowest BCUT2D eigenvalue weighted by Gasteiger charge is -2.23. The van der Waals surface area contributed by atoms with Gasteiger partial charge in [-0.3, -0.25) is 0 Å². The quantitative estimate of drug-likeness (QED) is 0.644. The molecule has 1 heterocycles. The van der Waals surface area contributed by atoms with E-state index in [9.17, 15) is 0 Å². The minimum absolute atomic E-state index is 1.18. The maximum absolute atomic E-state index is 4.17. The lowest BCUT2D eigenvalue weighted by Crippen LogP contribution is -2.23. The van der Waals surface area contributed by atoms with Crippen molar-refractivity contribution in [2.75, 3.05) is 26.2 Å². The molecule has 1 fully saturated rings. The van der Waals surface area contributed by atoms with Gasteiger partial charge in [-0.2, -0.15) is 0 Å². The summed E-state index contributed by atoms with van der Waals surface area (Å²) in [6.45, 7) is 13.4. The number of rotatable bonds is 6. The van der Waals surface area contributed by atoms with Crippen molar-refractivity contribution in [1.29, 1.82) is 0 Å². The molecule has 0 atom stereocenters. The monoisotopic (exact) mass is 196 g/mol. The number of unbranched alkanes of at least 4 members (excludes halogenated alkanes) is 2. The zero-order chi connectivity index (χ0) is 10.4. The Balaban J connectivity index is 2.28. The van der Waals surface area contributed by atoms with Gasteiger partial charge in [-0.15, -0.1) is 0 Å². The van der Waals surface area contributed by atoms with E-state index in [-0.39, 0.29) is 0 Å². The van der Waals surface area contributed by atoms with Crippen molar-refractivity contribution in [3.8, 4) is 0 Å². The normalized spacial score (nSPS) is 16.9. The Morgan fingerprint density at radius 1 is 1.00 bits per heavy atom. The van der Waals surface area contributed by atoms with Gasteiger partial charge >= 0.3 is 0 Å². The summed E-state index contributed by atoms with van der Waals surface area (Å²) in [6.07, 6.45) is 5.14. The Kier molecular flexibility index (Phi) is 4.85. The Morgan fingerprint density at radius 2 is 1.43 bits per heavy atom. The lowest BCUT2D eigenvalue weighted by molar-refractivity contribution is 0.330. The largest absolute Gasteiger partial charge is 0.357 e. The molecule has 0 saturated carbocycles. The molecule has 1 saturated heterocycles. The third-order valence-electron chi connectivity index (χ3n) is 2.93. The molecule has 0 bridgehead atoms. The van der Waals surface area contributed by atoms with Crippen LogP contribution in [0.4, 0.5) is 0 Å². The van der Waals surface area contributed by atoms with Crippen LogP contribution in [0.3, 0.4) is 0 Å². The molecule has 0 N–H and O–H groups in total. The molecule has 0 aliphatic carbocycles. The van der Waals surface area contributed by atoms with E-state index in [2.05, 4.69) is 30.2 Å². The van der Waals surface area contributed by atoms with Crippen LogP contribution in [0.25, 0.3) is 0 Å². The zero-order valence-electron chi connectivity index (χ0n) is 9.76. The first-order valence-electron chi connectivity index (χ1n) is 5.98. The van der Waals surface area contributed by atoms with Gasteiger partial charge in [-0.05, 0) is 12.8 Å². The van der Waals surface area contributed by atoms with Gasteiger partial charge in [0.05, 0.1) is 5.82 Å². The molecule has 0 aromatic carbocycles. The summed E-state index contributed by atoms with van der Waals surface area (Å²) in [5.74, 6) is 1.26. The van der Waals surface area contributed by atoms with E-state index in [1.54, 1.807) is 0 Å². The first-order valence-corrected chi connectivity index (χ1v) is 5.98. The molecule has 1 aliphatic rings. The predicted octanol–water partition coefficient (Wildman–Crippen LogP) is 2.68. The maximum Gasteiger partial charge on any atom is 0.0966 e. The molecular weight excluding hydrogens is 172 g/mol. The van der Waals surface area contributed by atoms with Gasteiger partial charge in [0.2, 0.25) is 0 Å². The minimum atomic E-state index is 1.18. The number of nitrogens with zero attached hydrogens (tertiary/aromatic N) is 2. The molecule has 2 heteroatoms. The lowest BCUT2D eigenvalue weighted by atomic mass is 10.3. The average molecular weight is 196 g/mol. The first-order chi connectivity index (χ1) is 6.79. The SMILES string of the molecule is C=C1N(CCCC)CCN1CCCC. The third kappa shape index (κ3) is 2.93. The molecule has 0 spiro atoms. The fourth-order valence-corrected chi connectivity index (χ4v) is 1.88. The van der Waals surface area contributed by atoms with E-state index in [4.69, 9.17) is 0 Å². The Hall–Kier alpha value is -0.660. The zero-order valence-corrected chi connectivity index (χ0v) is 9.76. The fraction of sp³-hybridized carbons (Fsp3) is 0.833. The molecule has 0 aromatic rings. The van der Waals surface area contributed by atoms with Crippen LogP contribution in [0.1, 0.15) is 39.5 Å². The maximum atomic E-state index is 4.17. The molecule has 1 rings (SSSR count). The van der Waals surface area contributed by atoms with Crippen LogP contribution in [0.5, 0.6) is 0 Å². The molecule has 2 nitrogen and oxygen atoms in total. The van der Waals surface area contributed by atoms with Crippen LogP contribution in [0.15, 0.2) is 12.4 Å². The Bertz CT molecular complexity index is 159. The second-order valence-corrected chi connectivity index (χ2v) is 4.10. The van der Waals surface area contributed by atoms with Crippen molar-refractivity contribution in [2.24, 2.45) is 0 Å². The fourth-order valence-electron chi connectivity index (χ4n) is 1.88.